The molecule has 0 aliphatic carbocycles. The van der Waals surface area contributed by atoms with Gasteiger partial charge in [-0.2, -0.15) is 0 Å². The summed E-state index contributed by atoms with van der Waals surface area (Å²) in [7, 11) is 0. The molecule has 0 N–H and O–H groups in total. The first kappa shape index (κ1) is 26.0. The van der Waals surface area contributed by atoms with Crippen molar-refractivity contribution >= 4 is 54.5 Å². The third-order valence-electron chi connectivity index (χ3n) is 9.66. The molecule has 3 heterocycles. The lowest BCUT2D eigenvalue weighted by Gasteiger charge is -2.12. The molecule has 47 heavy (non-hydrogen) atoms. The van der Waals surface area contributed by atoms with Crippen LogP contribution in [0.3, 0.4) is 0 Å². The van der Waals surface area contributed by atoms with E-state index in [9.17, 15) is 0 Å². The second-order valence-electron chi connectivity index (χ2n) is 12.3. The van der Waals surface area contributed by atoms with E-state index in [1.807, 2.05) is 0 Å². The molecule has 220 valence electrons. The Labute approximate surface area is 271 Å². The maximum atomic E-state index is 2.41. The summed E-state index contributed by atoms with van der Waals surface area (Å²) < 4.78 is 7.09. The highest BCUT2D eigenvalue weighted by atomic mass is 15.0. The van der Waals surface area contributed by atoms with Crippen molar-refractivity contribution in [1.29, 1.82) is 0 Å². The lowest BCUT2D eigenvalue weighted by molar-refractivity contribution is 1.12. The summed E-state index contributed by atoms with van der Waals surface area (Å²) in [6, 6.07) is 61.5. The van der Waals surface area contributed by atoms with Gasteiger partial charge in [-0.1, -0.05) is 91.0 Å². The lowest BCUT2D eigenvalue weighted by Crippen LogP contribution is -1.97. The van der Waals surface area contributed by atoms with E-state index in [2.05, 4.69) is 190 Å². The molecule has 0 radical (unpaired) electrons. The molecule has 0 fully saturated rings. The Hall–Kier alpha value is -6.32. The van der Waals surface area contributed by atoms with Crippen molar-refractivity contribution in [2.24, 2.45) is 0 Å². The standard InChI is InChI=1S/C44H29N3/c1-3-11-30(12-4-1)31-19-24-42-38(27-31)36-15-7-9-17-40(36)46(42)34-20-22-35(23-21-34)47-41-18-10-8-16-37(41)39-28-32-25-26-45(43(32)29-44(39)47)33-13-5-2-6-14-33/h1-29H. The topological polar surface area (TPSA) is 14.8 Å². The molecule has 0 atom stereocenters. The van der Waals surface area contributed by atoms with Gasteiger partial charge in [0.2, 0.25) is 0 Å². The van der Waals surface area contributed by atoms with Crippen molar-refractivity contribution in [3.8, 4) is 28.2 Å². The van der Waals surface area contributed by atoms with Crippen LogP contribution in [0.4, 0.5) is 0 Å². The van der Waals surface area contributed by atoms with Crippen LogP contribution in [0.15, 0.2) is 176 Å². The molecule has 7 aromatic carbocycles. The van der Waals surface area contributed by atoms with Gasteiger partial charge in [0.05, 0.1) is 27.6 Å². The molecule has 10 rings (SSSR count). The predicted molar refractivity (Wildman–Crippen MR) is 197 cm³/mol. The maximum Gasteiger partial charge on any atom is 0.0562 e. The minimum Gasteiger partial charge on any atom is -0.316 e. The summed E-state index contributed by atoms with van der Waals surface area (Å²) in [5.41, 5.74) is 11.9. The van der Waals surface area contributed by atoms with E-state index in [-0.39, 0.29) is 0 Å². The molecule has 10 aromatic rings. The van der Waals surface area contributed by atoms with Gasteiger partial charge in [0.15, 0.2) is 0 Å². The third-order valence-corrected chi connectivity index (χ3v) is 9.66. The molecule has 0 amide bonds. The summed E-state index contributed by atoms with van der Waals surface area (Å²) in [4.78, 5) is 0. The van der Waals surface area contributed by atoms with Crippen molar-refractivity contribution in [3.05, 3.63) is 176 Å². The average Bonchev–Trinajstić information content (AvgIpc) is 3.81. The number of hydrogen-bond acceptors (Lipinski definition) is 0. The summed E-state index contributed by atoms with van der Waals surface area (Å²) in [6.07, 6.45) is 2.18. The minimum absolute atomic E-state index is 1.14. The van der Waals surface area contributed by atoms with Gasteiger partial charge in [0.1, 0.15) is 0 Å². The fourth-order valence-electron chi connectivity index (χ4n) is 7.50. The molecule has 0 bridgehead atoms. The van der Waals surface area contributed by atoms with E-state index >= 15 is 0 Å². The van der Waals surface area contributed by atoms with E-state index in [4.69, 9.17) is 0 Å². The zero-order valence-corrected chi connectivity index (χ0v) is 25.6. The van der Waals surface area contributed by atoms with Gasteiger partial charge in [0, 0.05) is 50.2 Å². The summed E-state index contributed by atoms with van der Waals surface area (Å²) in [6.45, 7) is 0. The smallest absolute Gasteiger partial charge is 0.0562 e. The molecule has 3 heteroatoms. The van der Waals surface area contributed by atoms with Crippen LogP contribution in [0.1, 0.15) is 0 Å². The molecule has 0 spiro atoms. The normalized spacial score (nSPS) is 11.8. The molecular formula is C44H29N3. The first-order valence-electron chi connectivity index (χ1n) is 16.1. The van der Waals surface area contributed by atoms with Crippen LogP contribution < -0.4 is 0 Å². The Kier molecular flexibility index (Phi) is 5.57. The Morgan fingerprint density at radius 3 is 1.53 bits per heavy atom. The largest absolute Gasteiger partial charge is 0.316 e. The van der Waals surface area contributed by atoms with Crippen molar-refractivity contribution in [2.75, 3.05) is 0 Å². The SMILES string of the molecule is c1ccc(-c2ccc3c(c2)c2ccccc2n3-c2ccc(-n3c4ccccc4c4cc5ccn(-c6ccccc6)c5cc43)cc2)cc1. The monoisotopic (exact) mass is 599 g/mol. The molecule has 0 saturated heterocycles. The molecule has 3 nitrogen and oxygen atoms in total. The summed E-state index contributed by atoms with van der Waals surface area (Å²) in [5.74, 6) is 0. The molecule has 0 unspecified atom stereocenters. The number of rotatable bonds is 4. The maximum absolute atomic E-state index is 2.41. The van der Waals surface area contributed by atoms with Gasteiger partial charge >= 0.3 is 0 Å². The Morgan fingerprint density at radius 2 is 0.851 bits per heavy atom. The van der Waals surface area contributed by atoms with Crippen LogP contribution in [-0.2, 0) is 0 Å². The number of para-hydroxylation sites is 3. The van der Waals surface area contributed by atoms with E-state index in [0.717, 1.165) is 17.1 Å². The van der Waals surface area contributed by atoms with Gasteiger partial charge in [-0.25, -0.2) is 0 Å². The van der Waals surface area contributed by atoms with Gasteiger partial charge < -0.3 is 13.7 Å². The fourth-order valence-corrected chi connectivity index (χ4v) is 7.50. The highest BCUT2D eigenvalue weighted by molar-refractivity contribution is 6.14. The third kappa shape index (κ3) is 3.93. The summed E-state index contributed by atoms with van der Waals surface area (Å²) >= 11 is 0. The van der Waals surface area contributed by atoms with Crippen molar-refractivity contribution in [2.45, 2.75) is 0 Å². The van der Waals surface area contributed by atoms with Crippen LogP contribution in [0.2, 0.25) is 0 Å². The lowest BCUT2D eigenvalue weighted by atomic mass is 10.0. The summed E-state index contributed by atoms with van der Waals surface area (Å²) in [5, 5.41) is 6.29. The van der Waals surface area contributed by atoms with Gasteiger partial charge in [0.25, 0.3) is 0 Å². The molecule has 0 saturated carbocycles. The van der Waals surface area contributed by atoms with Gasteiger partial charge in [-0.15, -0.1) is 0 Å². The highest BCUT2D eigenvalue weighted by Crippen LogP contribution is 2.38. The average molecular weight is 600 g/mol. The van der Waals surface area contributed by atoms with Crippen LogP contribution in [0.5, 0.6) is 0 Å². The molecule has 3 aromatic heterocycles. The molecule has 0 aliphatic rings. The van der Waals surface area contributed by atoms with Crippen LogP contribution in [0, 0.1) is 0 Å². The Balaban J connectivity index is 1.15. The predicted octanol–water partition coefficient (Wildman–Crippen LogP) is 11.5. The highest BCUT2D eigenvalue weighted by Gasteiger charge is 2.17. The van der Waals surface area contributed by atoms with E-state index in [0.29, 0.717) is 0 Å². The molecular weight excluding hydrogens is 571 g/mol. The zero-order chi connectivity index (χ0) is 30.9. The van der Waals surface area contributed by atoms with E-state index < -0.39 is 0 Å². The molecule has 0 aliphatic heterocycles. The zero-order valence-electron chi connectivity index (χ0n) is 25.6. The first-order valence-corrected chi connectivity index (χ1v) is 16.1. The number of hydrogen-bond donors (Lipinski definition) is 0. The second kappa shape index (κ2) is 10.1. The van der Waals surface area contributed by atoms with E-state index in [1.165, 1.54) is 65.6 Å². The van der Waals surface area contributed by atoms with Crippen LogP contribution in [0.25, 0.3) is 82.7 Å². The van der Waals surface area contributed by atoms with Crippen LogP contribution in [-0.4, -0.2) is 13.7 Å². The fraction of sp³-hybridized carbons (Fsp3) is 0. The first-order chi connectivity index (χ1) is 23.3. The Bertz CT molecular complexity index is 2760. The van der Waals surface area contributed by atoms with Gasteiger partial charge in [-0.3, -0.25) is 0 Å². The number of nitrogens with zero attached hydrogens (tertiary/aromatic N) is 3. The quantitative estimate of drug-likeness (QED) is 0.191. The van der Waals surface area contributed by atoms with Crippen LogP contribution >= 0.6 is 0 Å². The number of fused-ring (bicyclic) bond motifs is 7. The Morgan fingerprint density at radius 1 is 0.298 bits per heavy atom. The number of benzene rings is 7. The van der Waals surface area contributed by atoms with Crippen molar-refractivity contribution in [3.63, 3.8) is 0 Å². The second-order valence-corrected chi connectivity index (χ2v) is 12.3. The van der Waals surface area contributed by atoms with Gasteiger partial charge in [-0.05, 0) is 90.0 Å². The minimum atomic E-state index is 1.14. The van der Waals surface area contributed by atoms with Crippen molar-refractivity contribution in [1.82, 2.24) is 13.7 Å². The van der Waals surface area contributed by atoms with Crippen molar-refractivity contribution < 1.29 is 0 Å². The number of aromatic nitrogens is 3. The van der Waals surface area contributed by atoms with E-state index in [1.54, 1.807) is 0 Å².